The lowest BCUT2D eigenvalue weighted by molar-refractivity contribution is -0.141. The second kappa shape index (κ2) is 7.08. The molecule has 1 atom stereocenters. The van der Waals surface area contributed by atoms with E-state index in [9.17, 15) is 9.59 Å². The van der Waals surface area contributed by atoms with Crippen LogP contribution in [-0.2, 0) is 16.0 Å². The lowest BCUT2D eigenvalue weighted by Crippen LogP contribution is -2.44. The van der Waals surface area contributed by atoms with Crippen LogP contribution in [-0.4, -0.2) is 34.5 Å². The first-order chi connectivity index (χ1) is 9.66. The van der Waals surface area contributed by atoms with Gasteiger partial charge in [0.15, 0.2) is 0 Å². The Hall–Kier alpha value is -1.84. The van der Waals surface area contributed by atoms with Crippen molar-refractivity contribution in [2.24, 2.45) is 0 Å². The quantitative estimate of drug-likeness (QED) is 0.898. The number of likely N-dealkylation sites (tertiary alicyclic amines) is 1. The highest BCUT2D eigenvalue weighted by molar-refractivity contribution is 5.78. The number of benzene rings is 1. The van der Waals surface area contributed by atoms with Gasteiger partial charge in [-0.3, -0.25) is 9.59 Å². The first-order valence-corrected chi connectivity index (χ1v) is 7.22. The van der Waals surface area contributed by atoms with Crippen LogP contribution >= 0.6 is 0 Å². The third-order valence-corrected chi connectivity index (χ3v) is 3.83. The number of carboxylic acids is 1. The van der Waals surface area contributed by atoms with Gasteiger partial charge in [-0.15, -0.1) is 0 Å². The Kier molecular flexibility index (Phi) is 5.16. The Balaban J connectivity index is 1.90. The number of amides is 1. The molecule has 0 aliphatic carbocycles. The van der Waals surface area contributed by atoms with E-state index in [4.69, 9.17) is 5.11 Å². The molecule has 0 bridgehead atoms. The van der Waals surface area contributed by atoms with Gasteiger partial charge in [0, 0.05) is 19.0 Å². The highest BCUT2D eigenvalue weighted by Crippen LogP contribution is 2.21. The fourth-order valence-electron chi connectivity index (χ4n) is 2.78. The molecule has 0 saturated carbocycles. The fraction of sp³-hybridized carbons (Fsp3) is 0.500. The van der Waals surface area contributed by atoms with E-state index in [0.717, 1.165) is 31.2 Å². The molecule has 1 N–H and O–H groups in total. The van der Waals surface area contributed by atoms with Crippen molar-refractivity contribution in [2.45, 2.75) is 44.6 Å². The van der Waals surface area contributed by atoms with Crippen molar-refractivity contribution in [1.82, 2.24) is 4.90 Å². The van der Waals surface area contributed by atoms with Crippen LogP contribution in [0.3, 0.4) is 0 Å². The molecule has 1 unspecified atom stereocenters. The number of aryl methyl sites for hydroxylation is 1. The van der Waals surface area contributed by atoms with Crippen LogP contribution in [0.5, 0.6) is 0 Å². The zero-order valence-corrected chi connectivity index (χ0v) is 11.6. The van der Waals surface area contributed by atoms with E-state index in [1.54, 1.807) is 4.90 Å². The molecule has 0 aromatic heterocycles. The number of carbonyl (C=O) groups is 2. The summed E-state index contributed by atoms with van der Waals surface area (Å²) in [5, 5.41) is 8.94. The molecule has 1 heterocycles. The molecule has 1 amide bonds. The fourth-order valence-corrected chi connectivity index (χ4v) is 2.78. The average Bonchev–Trinajstić information content (AvgIpc) is 2.46. The van der Waals surface area contributed by atoms with Crippen LogP contribution in [0.2, 0.25) is 0 Å². The van der Waals surface area contributed by atoms with E-state index >= 15 is 0 Å². The zero-order chi connectivity index (χ0) is 14.4. The summed E-state index contributed by atoms with van der Waals surface area (Å²) in [5.74, 6) is -0.738. The molecule has 4 heteroatoms. The molecule has 1 aromatic rings. The van der Waals surface area contributed by atoms with Crippen LogP contribution in [0, 0.1) is 0 Å². The predicted molar refractivity (Wildman–Crippen MR) is 76.4 cm³/mol. The summed E-state index contributed by atoms with van der Waals surface area (Å²) >= 11 is 0. The summed E-state index contributed by atoms with van der Waals surface area (Å²) in [4.78, 5) is 25.0. The summed E-state index contributed by atoms with van der Waals surface area (Å²) in [6.07, 6.45) is 4.05. The molecule has 4 nitrogen and oxygen atoms in total. The van der Waals surface area contributed by atoms with Gasteiger partial charge in [0.25, 0.3) is 0 Å². The van der Waals surface area contributed by atoms with Crippen LogP contribution in [0.15, 0.2) is 30.3 Å². The normalized spacial score (nSPS) is 18.8. The second-order valence-corrected chi connectivity index (χ2v) is 5.32. The van der Waals surface area contributed by atoms with Gasteiger partial charge in [0.1, 0.15) is 0 Å². The molecule has 1 aromatic carbocycles. The first kappa shape index (κ1) is 14.6. The molecule has 1 saturated heterocycles. The Morgan fingerprint density at radius 3 is 2.65 bits per heavy atom. The van der Waals surface area contributed by atoms with E-state index in [2.05, 4.69) is 0 Å². The molecule has 108 valence electrons. The maximum Gasteiger partial charge on any atom is 0.305 e. The molecule has 1 aliphatic rings. The van der Waals surface area contributed by atoms with Crippen molar-refractivity contribution in [1.29, 1.82) is 0 Å². The smallest absolute Gasteiger partial charge is 0.305 e. The van der Waals surface area contributed by atoms with Gasteiger partial charge < -0.3 is 10.0 Å². The van der Waals surface area contributed by atoms with Crippen molar-refractivity contribution in [2.75, 3.05) is 6.54 Å². The van der Waals surface area contributed by atoms with Crippen LogP contribution in [0.1, 0.15) is 37.7 Å². The Morgan fingerprint density at radius 2 is 1.95 bits per heavy atom. The minimum atomic E-state index is -0.822. The van der Waals surface area contributed by atoms with E-state index in [-0.39, 0.29) is 18.4 Å². The number of carbonyl (C=O) groups excluding carboxylic acids is 1. The molecular formula is C16H21NO3. The molecule has 1 aliphatic heterocycles. The Morgan fingerprint density at radius 1 is 1.20 bits per heavy atom. The highest BCUT2D eigenvalue weighted by atomic mass is 16.4. The maximum atomic E-state index is 12.3. The van der Waals surface area contributed by atoms with Crippen LogP contribution in [0.25, 0.3) is 0 Å². The van der Waals surface area contributed by atoms with Crippen molar-refractivity contribution >= 4 is 11.9 Å². The Labute approximate surface area is 119 Å². The third kappa shape index (κ3) is 4.08. The number of carboxylic acid groups (broad SMARTS) is 1. The van der Waals surface area contributed by atoms with E-state index < -0.39 is 5.97 Å². The SMILES string of the molecule is O=C(O)CC1CCCCN1C(=O)CCc1ccccc1. The number of piperidine rings is 1. The van der Waals surface area contributed by atoms with Gasteiger partial charge in [-0.2, -0.15) is 0 Å². The lowest BCUT2D eigenvalue weighted by Gasteiger charge is -2.35. The van der Waals surface area contributed by atoms with E-state index in [1.807, 2.05) is 30.3 Å². The van der Waals surface area contributed by atoms with Crippen molar-refractivity contribution in [3.8, 4) is 0 Å². The van der Waals surface area contributed by atoms with E-state index in [1.165, 1.54) is 0 Å². The third-order valence-electron chi connectivity index (χ3n) is 3.83. The number of rotatable bonds is 5. The largest absolute Gasteiger partial charge is 0.481 e. The second-order valence-electron chi connectivity index (χ2n) is 5.32. The monoisotopic (exact) mass is 275 g/mol. The molecule has 20 heavy (non-hydrogen) atoms. The van der Waals surface area contributed by atoms with Gasteiger partial charge in [0.05, 0.1) is 6.42 Å². The molecule has 1 fully saturated rings. The van der Waals surface area contributed by atoms with Crippen molar-refractivity contribution in [3.05, 3.63) is 35.9 Å². The van der Waals surface area contributed by atoms with Gasteiger partial charge in [0.2, 0.25) is 5.91 Å². The van der Waals surface area contributed by atoms with E-state index in [0.29, 0.717) is 13.0 Å². The summed E-state index contributed by atoms with van der Waals surface area (Å²) < 4.78 is 0. The Bertz CT molecular complexity index is 458. The minimum Gasteiger partial charge on any atom is -0.481 e. The van der Waals surface area contributed by atoms with Gasteiger partial charge in [-0.1, -0.05) is 30.3 Å². The molecule has 0 radical (unpaired) electrons. The summed E-state index contributed by atoms with van der Waals surface area (Å²) in [6, 6.07) is 9.79. The number of nitrogens with zero attached hydrogens (tertiary/aromatic N) is 1. The van der Waals surface area contributed by atoms with Gasteiger partial charge in [-0.25, -0.2) is 0 Å². The van der Waals surface area contributed by atoms with Gasteiger partial charge >= 0.3 is 5.97 Å². The van der Waals surface area contributed by atoms with Crippen LogP contribution < -0.4 is 0 Å². The predicted octanol–water partition coefficient (Wildman–Crippen LogP) is 2.48. The maximum absolute atomic E-state index is 12.3. The lowest BCUT2D eigenvalue weighted by atomic mass is 9.98. The minimum absolute atomic E-state index is 0.0665. The summed E-state index contributed by atoms with van der Waals surface area (Å²) in [5.41, 5.74) is 1.15. The zero-order valence-electron chi connectivity index (χ0n) is 11.6. The molecule has 0 spiro atoms. The van der Waals surface area contributed by atoms with Crippen LogP contribution in [0.4, 0.5) is 0 Å². The topological polar surface area (TPSA) is 57.6 Å². The summed E-state index contributed by atoms with van der Waals surface area (Å²) in [6.45, 7) is 0.700. The standard InChI is InChI=1S/C16H21NO3/c18-15(10-9-13-6-2-1-3-7-13)17-11-5-4-8-14(17)12-16(19)20/h1-3,6-7,14H,4-5,8-12H2,(H,19,20). The van der Waals surface area contributed by atoms with Crippen molar-refractivity contribution in [3.63, 3.8) is 0 Å². The number of hydrogen-bond donors (Lipinski definition) is 1. The molecule has 2 rings (SSSR count). The highest BCUT2D eigenvalue weighted by Gasteiger charge is 2.27. The summed E-state index contributed by atoms with van der Waals surface area (Å²) in [7, 11) is 0. The number of aliphatic carboxylic acids is 1. The van der Waals surface area contributed by atoms with Gasteiger partial charge in [-0.05, 0) is 31.2 Å². The first-order valence-electron chi connectivity index (χ1n) is 7.22. The molecular weight excluding hydrogens is 254 g/mol. The number of hydrogen-bond acceptors (Lipinski definition) is 2. The average molecular weight is 275 g/mol. The van der Waals surface area contributed by atoms with Crippen molar-refractivity contribution < 1.29 is 14.7 Å².